The van der Waals surface area contributed by atoms with Gasteiger partial charge in [0.1, 0.15) is 11.3 Å². The Kier molecular flexibility index (Phi) is 1.51. The second-order valence-corrected chi connectivity index (χ2v) is 2.68. The molecule has 66 valence electrons. The van der Waals surface area contributed by atoms with Gasteiger partial charge in [-0.25, -0.2) is 14.8 Å². The van der Waals surface area contributed by atoms with E-state index in [-0.39, 0.29) is 5.56 Å². The van der Waals surface area contributed by atoms with Crippen molar-refractivity contribution in [1.29, 1.82) is 0 Å². The number of rotatable bonds is 1. The van der Waals surface area contributed by atoms with Crippen LogP contribution in [0.15, 0.2) is 12.3 Å². The van der Waals surface area contributed by atoms with Gasteiger partial charge < -0.3 is 10.1 Å². The van der Waals surface area contributed by atoms with Crippen LogP contribution in [0, 0.1) is 6.92 Å². The Morgan fingerprint density at radius 3 is 3.08 bits per heavy atom. The second kappa shape index (κ2) is 2.55. The van der Waals surface area contributed by atoms with E-state index >= 15 is 0 Å². The van der Waals surface area contributed by atoms with E-state index < -0.39 is 5.97 Å². The first-order valence-corrected chi connectivity index (χ1v) is 3.73. The number of H-pyrrole nitrogens is 1. The van der Waals surface area contributed by atoms with Crippen LogP contribution in [0.5, 0.6) is 0 Å². The zero-order valence-corrected chi connectivity index (χ0v) is 6.90. The molecule has 0 aliphatic carbocycles. The maximum Gasteiger partial charge on any atom is 0.338 e. The van der Waals surface area contributed by atoms with Gasteiger partial charge in [-0.3, -0.25) is 0 Å². The van der Waals surface area contributed by atoms with Crippen molar-refractivity contribution in [2.75, 3.05) is 0 Å². The van der Waals surface area contributed by atoms with Crippen LogP contribution >= 0.6 is 0 Å². The van der Waals surface area contributed by atoms with Gasteiger partial charge in [0.2, 0.25) is 0 Å². The number of pyridine rings is 1. The lowest BCUT2D eigenvalue weighted by atomic mass is 10.2. The number of aromatic carboxylic acids is 1. The highest BCUT2D eigenvalue weighted by Crippen LogP contribution is 2.13. The van der Waals surface area contributed by atoms with Crippen LogP contribution in [-0.2, 0) is 0 Å². The number of nitrogens with zero attached hydrogens (tertiary/aromatic N) is 2. The Balaban J connectivity index is 2.82. The van der Waals surface area contributed by atoms with Gasteiger partial charge in [-0.1, -0.05) is 0 Å². The number of aryl methyl sites for hydroxylation is 1. The highest BCUT2D eigenvalue weighted by atomic mass is 16.4. The van der Waals surface area contributed by atoms with Gasteiger partial charge in [0.05, 0.1) is 5.56 Å². The van der Waals surface area contributed by atoms with Crippen LogP contribution in [0.3, 0.4) is 0 Å². The molecule has 13 heavy (non-hydrogen) atoms. The molecule has 0 aliphatic rings. The van der Waals surface area contributed by atoms with Gasteiger partial charge >= 0.3 is 5.97 Å². The third kappa shape index (κ3) is 1.14. The van der Waals surface area contributed by atoms with E-state index in [2.05, 4.69) is 15.0 Å². The number of aromatic amines is 1. The molecular weight excluding hydrogens is 170 g/mol. The number of imidazole rings is 1. The first-order valence-electron chi connectivity index (χ1n) is 3.73. The highest BCUT2D eigenvalue weighted by Gasteiger charge is 2.11. The molecule has 0 atom stereocenters. The smallest absolute Gasteiger partial charge is 0.338 e. The van der Waals surface area contributed by atoms with Gasteiger partial charge in [0.25, 0.3) is 0 Å². The number of carboxylic acid groups (broad SMARTS) is 1. The van der Waals surface area contributed by atoms with Crippen LogP contribution in [-0.4, -0.2) is 26.0 Å². The third-order valence-corrected chi connectivity index (χ3v) is 1.73. The van der Waals surface area contributed by atoms with Crippen molar-refractivity contribution in [3.8, 4) is 0 Å². The number of nitrogens with one attached hydrogen (secondary N) is 1. The zero-order valence-electron chi connectivity index (χ0n) is 6.90. The molecule has 0 aliphatic heterocycles. The van der Waals surface area contributed by atoms with Gasteiger partial charge in [-0.2, -0.15) is 0 Å². The summed E-state index contributed by atoms with van der Waals surface area (Å²) >= 11 is 0. The van der Waals surface area contributed by atoms with Crippen molar-refractivity contribution in [2.45, 2.75) is 6.92 Å². The number of hydrogen-bond acceptors (Lipinski definition) is 3. The van der Waals surface area contributed by atoms with E-state index in [0.29, 0.717) is 17.0 Å². The van der Waals surface area contributed by atoms with Crippen LogP contribution < -0.4 is 0 Å². The molecule has 5 heteroatoms. The molecule has 0 unspecified atom stereocenters. The van der Waals surface area contributed by atoms with E-state index in [4.69, 9.17) is 5.11 Å². The molecule has 2 N–H and O–H groups in total. The fraction of sp³-hybridized carbons (Fsp3) is 0.125. The first-order chi connectivity index (χ1) is 6.18. The van der Waals surface area contributed by atoms with Crippen molar-refractivity contribution in [3.05, 3.63) is 23.7 Å². The minimum absolute atomic E-state index is 0.175. The average molecular weight is 177 g/mol. The summed E-state index contributed by atoms with van der Waals surface area (Å²) in [5, 5.41) is 8.81. The number of carbonyl (C=O) groups is 1. The Labute approximate surface area is 73.4 Å². The molecule has 0 fully saturated rings. The second-order valence-electron chi connectivity index (χ2n) is 2.68. The van der Waals surface area contributed by atoms with E-state index in [0.717, 1.165) is 0 Å². The lowest BCUT2D eigenvalue weighted by Gasteiger charge is -1.92. The SMILES string of the molecule is Cc1nc2c(C(=O)O)ccnc2[nH]1. The van der Waals surface area contributed by atoms with Crippen LogP contribution in [0.1, 0.15) is 16.2 Å². The zero-order chi connectivity index (χ0) is 9.42. The molecule has 0 saturated heterocycles. The van der Waals surface area contributed by atoms with Gasteiger partial charge in [0.15, 0.2) is 5.65 Å². The van der Waals surface area contributed by atoms with Crippen molar-refractivity contribution in [1.82, 2.24) is 15.0 Å². The Hall–Kier alpha value is -1.91. The number of fused-ring (bicyclic) bond motifs is 1. The van der Waals surface area contributed by atoms with Gasteiger partial charge in [-0.15, -0.1) is 0 Å². The van der Waals surface area contributed by atoms with Crippen molar-refractivity contribution in [2.24, 2.45) is 0 Å². The summed E-state index contributed by atoms with van der Waals surface area (Å²) in [6.45, 7) is 1.76. The Morgan fingerprint density at radius 1 is 1.62 bits per heavy atom. The highest BCUT2D eigenvalue weighted by molar-refractivity contribution is 5.99. The monoisotopic (exact) mass is 177 g/mol. The lowest BCUT2D eigenvalue weighted by molar-refractivity contribution is 0.0699. The molecule has 2 aromatic heterocycles. The topological polar surface area (TPSA) is 78.9 Å². The molecule has 2 heterocycles. The molecule has 5 nitrogen and oxygen atoms in total. The van der Waals surface area contributed by atoms with E-state index in [1.54, 1.807) is 6.92 Å². The van der Waals surface area contributed by atoms with E-state index in [1.165, 1.54) is 12.3 Å². The van der Waals surface area contributed by atoms with Crippen LogP contribution in [0.2, 0.25) is 0 Å². The largest absolute Gasteiger partial charge is 0.478 e. The number of hydrogen-bond donors (Lipinski definition) is 2. The number of carboxylic acids is 1. The normalized spacial score (nSPS) is 10.5. The summed E-state index contributed by atoms with van der Waals surface area (Å²) in [5.41, 5.74) is 1.10. The molecule has 0 amide bonds. The summed E-state index contributed by atoms with van der Waals surface area (Å²) in [6, 6.07) is 1.44. The maximum absolute atomic E-state index is 10.7. The molecule has 0 bridgehead atoms. The molecule has 2 rings (SSSR count). The minimum Gasteiger partial charge on any atom is -0.478 e. The van der Waals surface area contributed by atoms with Crippen molar-refractivity contribution >= 4 is 17.1 Å². The van der Waals surface area contributed by atoms with Crippen molar-refractivity contribution < 1.29 is 9.90 Å². The van der Waals surface area contributed by atoms with Gasteiger partial charge in [-0.05, 0) is 13.0 Å². The summed E-state index contributed by atoms with van der Waals surface area (Å²) < 4.78 is 0. The predicted octanol–water partition coefficient (Wildman–Crippen LogP) is 0.965. The standard InChI is InChI=1S/C8H7N3O2/c1-4-10-6-5(8(12)13)2-3-9-7(6)11-4/h2-3H,1H3,(H,12,13)(H,9,10,11). The first kappa shape index (κ1) is 7.72. The summed E-state index contributed by atoms with van der Waals surface area (Å²) in [7, 11) is 0. The molecule has 0 saturated carbocycles. The summed E-state index contributed by atoms with van der Waals surface area (Å²) in [6.07, 6.45) is 1.45. The van der Waals surface area contributed by atoms with Crippen molar-refractivity contribution in [3.63, 3.8) is 0 Å². The predicted molar refractivity (Wildman–Crippen MR) is 45.6 cm³/mol. The average Bonchev–Trinajstić information content (AvgIpc) is 2.43. The molecular formula is C8H7N3O2. The minimum atomic E-state index is -0.987. The summed E-state index contributed by atoms with van der Waals surface area (Å²) in [4.78, 5) is 21.6. The fourth-order valence-electron chi connectivity index (χ4n) is 1.20. The van der Waals surface area contributed by atoms with E-state index in [9.17, 15) is 4.79 Å². The third-order valence-electron chi connectivity index (χ3n) is 1.73. The Bertz CT molecular complexity index is 475. The van der Waals surface area contributed by atoms with Gasteiger partial charge in [0, 0.05) is 6.20 Å². The number of aromatic nitrogens is 3. The molecule has 2 aromatic rings. The quantitative estimate of drug-likeness (QED) is 0.680. The fourth-order valence-corrected chi connectivity index (χ4v) is 1.20. The van der Waals surface area contributed by atoms with E-state index in [1.807, 2.05) is 0 Å². The Morgan fingerprint density at radius 2 is 2.38 bits per heavy atom. The summed E-state index contributed by atoms with van der Waals surface area (Å²) in [5.74, 6) is -0.324. The maximum atomic E-state index is 10.7. The molecule has 0 spiro atoms. The molecule has 0 radical (unpaired) electrons. The van der Waals surface area contributed by atoms with Crippen LogP contribution in [0.25, 0.3) is 11.2 Å². The van der Waals surface area contributed by atoms with Crippen LogP contribution in [0.4, 0.5) is 0 Å². The molecule has 0 aromatic carbocycles. The lowest BCUT2D eigenvalue weighted by Crippen LogP contribution is -1.97.